The molecule has 0 spiro atoms. The summed E-state index contributed by atoms with van der Waals surface area (Å²) < 4.78 is 40.0. The molecule has 1 aromatic rings. The maximum Gasteiger partial charge on any atom is 0.573 e. The highest BCUT2D eigenvalue weighted by Crippen LogP contribution is 2.26. The normalized spacial score (nSPS) is 17.5. The van der Waals surface area contributed by atoms with Crippen LogP contribution in [-0.4, -0.2) is 24.5 Å². The van der Waals surface area contributed by atoms with Crippen molar-refractivity contribution in [3.05, 3.63) is 24.3 Å². The van der Waals surface area contributed by atoms with Crippen LogP contribution in [0.4, 0.5) is 13.2 Å². The van der Waals surface area contributed by atoms with Crippen LogP contribution in [0.5, 0.6) is 11.5 Å². The van der Waals surface area contributed by atoms with E-state index >= 15 is 0 Å². The summed E-state index contributed by atoms with van der Waals surface area (Å²) in [5.41, 5.74) is 0. The molecule has 0 aliphatic carbocycles. The van der Waals surface area contributed by atoms with Gasteiger partial charge in [0.1, 0.15) is 5.75 Å². The summed E-state index contributed by atoms with van der Waals surface area (Å²) in [5, 5.41) is 1.76. The molecule has 0 aromatic heterocycles. The summed E-state index contributed by atoms with van der Waals surface area (Å²) in [4.78, 5) is 5.50. The van der Waals surface area contributed by atoms with Crippen molar-refractivity contribution in [2.45, 2.75) is 25.6 Å². The number of rotatable bonds is 3. The summed E-state index contributed by atoms with van der Waals surface area (Å²) >= 11 is 0. The summed E-state index contributed by atoms with van der Waals surface area (Å²) in [6.45, 7) is 1.59. The van der Waals surface area contributed by atoms with Crippen molar-refractivity contribution in [1.82, 2.24) is 5.06 Å². The minimum absolute atomic E-state index is 0.267. The first-order valence-electron chi connectivity index (χ1n) is 5.82. The molecule has 3 nitrogen and oxygen atoms in total. The Morgan fingerprint density at radius 1 is 1.00 bits per heavy atom. The number of hydroxylamine groups is 2. The van der Waals surface area contributed by atoms with Gasteiger partial charge in [-0.15, -0.1) is 18.2 Å². The lowest BCUT2D eigenvalue weighted by molar-refractivity contribution is -0.274. The lowest BCUT2D eigenvalue weighted by atomic mass is 10.2. The van der Waals surface area contributed by atoms with E-state index in [4.69, 9.17) is 4.84 Å². The van der Waals surface area contributed by atoms with Gasteiger partial charge in [0.2, 0.25) is 0 Å². The van der Waals surface area contributed by atoms with E-state index in [1.807, 2.05) is 0 Å². The van der Waals surface area contributed by atoms with Crippen molar-refractivity contribution in [3.63, 3.8) is 0 Å². The Morgan fingerprint density at radius 2 is 1.67 bits per heavy atom. The van der Waals surface area contributed by atoms with Gasteiger partial charge in [0.15, 0.2) is 5.75 Å². The van der Waals surface area contributed by atoms with E-state index in [-0.39, 0.29) is 5.75 Å². The molecule has 1 aliphatic heterocycles. The highest BCUT2D eigenvalue weighted by Gasteiger charge is 2.31. The van der Waals surface area contributed by atoms with Crippen LogP contribution in [0.1, 0.15) is 19.3 Å². The van der Waals surface area contributed by atoms with Crippen molar-refractivity contribution in [3.8, 4) is 11.5 Å². The predicted molar refractivity (Wildman–Crippen MR) is 59.2 cm³/mol. The molecule has 1 aliphatic rings. The molecule has 100 valence electrons. The molecule has 1 aromatic carbocycles. The zero-order valence-corrected chi connectivity index (χ0v) is 9.74. The number of alkyl halides is 3. The SMILES string of the molecule is FC(F)(F)Oc1cccc(ON2CCCCC2)c1. The number of halogens is 3. The van der Waals surface area contributed by atoms with Crippen molar-refractivity contribution in [2.24, 2.45) is 0 Å². The van der Waals surface area contributed by atoms with Crippen LogP contribution >= 0.6 is 0 Å². The van der Waals surface area contributed by atoms with Gasteiger partial charge in [0.05, 0.1) is 0 Å². The standard InChI is InChI=1S/C12H14F3NO2/c13-12(14,15)17-10-5-4-6-11(9-10)18-16-7-2-1-3-8-16/h4-6,9H,1-3,7-8H2. The minimum Gasteiger partial charge on any atom is -0.406 e. The number of hydrogen-bond donors (Lipinski definition) is 0. The molecule has 0 bridgehead atoms. The second-order valence-corrected chi connectivity index (χ2v) is 4.10. The number of nitrogens with zero attached hydrogens (tertiary/aromatic N) is 1. The summed E-state index contributed by atoms with van der Waals surface area (Å²) in [5.74, 6) is 0.0932. The van der Waals surface area contributed by atoms with Crippen LogP contribution in [0.2, 0.25) is 0 Å². The van der Waals surface area contributed by atoms with E-state index in [1.165, 1.54) is 18.2 Å². The molecule has 0 radical (unpaired) electrons. The van der Waals surface area contributed by atoms with Gasteiger partial charge in [-0.2, -0.15) is 0 Å². The minimum atomic E-state index is -4.68. The topological polar surface area (TPSA) is 21.7 Å². The second-order valence-electron chi connectivity index (χ2n) is 4.10. The molecular weight excluding hydrogens is 247 g/mol. The average Bonchev–Trinajstić information content (AvgIpc) is 2.28. The van der Waals surface area contributed by atoms with Crippen LogP contribution < -0.4 is 9.57 Å². The summed E-state index contributed by atoms with van der Waals surface area (Å²) in [6.07, 6.45) is -1.43. The van der Waals surface area contributed by atoms with E-state index in [0.29, 0.717) is 5.75 Å². The fourth-order valence-corrected chi connectivity index (χ4v) is 1.83. The quantitative estimate of drug-likeness (QED) is 0.832. The van der Waals surface area contributed by atoms with Crippen LogP contribution in [0.15, 0.2) is 24.3 Å². The first-order valence-corrected chi connectivity index (χ1v) is 5.82. The predicted octanol–water partition coefficient (Wildman–Crippen LogP) is 3.36. The van der Waals surface area contributed by atoms with Gasteiger partial charge in [0.25, 0.3) is 0 Å². The number of hydrogen-bond acceptors (Lipinski definition) is 3. The third kappa shape index (κ3) is 4.10. The molecular formula is C12H14F3NO2. The van der Waals surface area contributed by atoms with Crippen LogP contribution in [0.25, 0.3) is 0 Å². The first-order chi connectivity index (χ1) is 8.53. The fourth-order valence-electron chi connectivity index (χ4n) is 1.83. The highest BCUT2D eigenvalue weighted by atomic mass is 19.4. The third-order valence-electron chi connectivity index (χ3n) is 2.59. The molecule has 0 N–H and O–H groups in total. The van der Waals surface area contributed by atoms with Gasteiger partial charge in [-0.05, 0) is 25.0 Å². The van der Waals surface area contributed by atoms with Gasteiger partial charge in [-0.3, -0.25) is 0 Å². The smallest absolute Gasteiger partial charge is 0.406 e. The number of benzene rings is 1. The van der Waals surface area contributed by atoms with E-state index < -0.39 is 6.36 Å². The molecule has 0 saturated carbocycles. The van der Waals surface area contributed by atoms with Gasteiger partial charge in [-0.1, -0.05) is 12.5 Å². The zero-order chi connectivity index (χ0) is 13.0. The van der Waals surface area contributed by atoms with Crippen molar-refractivity contribution < 1.29 is 22.7 Å². The largest absolute Gasteiger partial charge is 0.573 e. The van der Waals surface area contributed by atoms with Crippen LogP contribution in [0.3, 0.4) is 0 Å². The fraction of sp³-hybridized carbons (Fsp3) is 0.500. The molecule has 1 saturated heterocycles. The van der Waals surface area contributed by atoms with Crippen molar-refractivity contribution >= 4 is 0 Å². The van der Waals surface area contributed by atoms with Gasteiger partial charge >= 0.3 is 6.36 Å². The molecule has 6 heteroatoms. The molecule has 2 rings (SSSR count). The van der Waals surface area contributed by atoms with Gasteiger partial charge in [0, 0.05) is 19.2 Å². The monoisotopic (exact) mass is 261 g/mol. The van der Waals surface area contributed by atoms with Crippen molar-refractivity contribution in [2.75, 3.05) is 13.1 Å². The maximum absolute atomic E-state index is 12.1. The van der Waals surface area contributed by atoms with Crippen LogP contribution in [0, 0.1) is 0 Å². The Morgan fingerprint density at radius 3 is 2.33 bits per heavy atom. The van der Waals surface area contributed by atoms with Gasteiger partial charge in [-0.25, -0.2) is 0 Å². The Kier molecular flexibility index (Phi) is 3.96. The van der Waals surface area contributed by atoms with Crippen molar-refractivity contribution in [1.29, 1.82) is 0 Å². The van der Waals surface area contributed by atoms with Crippen LogP contribution in [-0.2, 0) is 0 Å². The third-order valence-corrected chi connectivity index (χ3v) is 2.59. The Labute approximate surface area is 103 Å². The van der Waals surface area contributed by atoms with E-state index in [0.717, 1.165) is 32.4 Å². The number of ether oxygens (including phenoxy) is 1. The second kappa shape index (κ2) is 5.48. The molecule has 18 heavy (non-hydrogen) atoms. The molecule has 0 atom stereocenters. The molecule has 1 heterocycles. The van der Waals surface area contributed by atoms with E-state index in [2.05, 4.69) is 4.74 Å². The Hall–Kier alpha value is -1.43. The lowest BCUT2D eigenvalue weighted by Crippen LogP contribution is -2.32. The Balaban J connectivity index is 1.98. The molecule has 0 amide bonds. The highest BCUT2D eigenvalue weighted by molar-refractivity contribution is 5.32. The zero-order valence-electron chi connectivity index (χ0n) is 9.74. The average molecular weight is 261 g/mol. The van der Waals surface area contributed by atoms with E-state index in [1.54, 1.807) is 11.1 Å². The number of piperidine rings is 1. The van der Waals surface area contributed by atoms with Gasteiger partial charge < -0.3 is 9.57 Å². The summed E-state index contributed by atoms with van der Waals surface area (Å²) in [6, 6.07) is 5.57. The molecule has 1 fully saturated rings. The molecule has 0 unspecified atom stereocenters. The van der Waals surface area contributed by atoms with E-state index in [9.17, 15) is 13.2 Å². The summed E-state index contributed by atoms with van der Waals surface area (Å²) in [7, 11) is 0. The Bertz CT molecular complexity index is 389. The lowest BCUT2D eigenvalue weighted by Gasteiger charge is -2.26. The first kappa shape index (κ1) is 13.0. The maximum atomic E-state index is 12.1.